The molecule has 2 rings (SSSR count). The van der Waals surface area contributed by atoms with E-state index in [1.807, 2.05) is 6.92 Å². The van der Waals surface area contributed by atoms with Gasteiger partial charge in [-0.3, -0.25) is 9.59 Å². The summed E-state index contributed by atoms with van der Waals surface area (Å²) < 4.78 is 7.20. The largest absolute Gasteiger partial charge is 0.491 e. The molecular weight excluding hydrogens is 370 g/mol. The maximum atomic E-state index is 13.2. The molecule has 0 saturated carbocycles. The molecule has 1 atom stereocenters. The molecule has 29 heavy (non-hydrogen) atoms. The van der Waals surface area contributed by atoms with Crippen LogP contribution in [0.1, 0.15) is 71.3 Å². The molecule has 1 heterocycles. The molecule has 3 N–H and O–H groups in total. The smallest absolute Gasteiger partial charge is 0.244 e. The number of ketones is 1. The summed E-state index contributed by atoms with van der Waals surface area (Å²) in [4.78, 5) is 25.3. The summed E-state index contributed by atoms with van der Waals surface area (Å²) in [7, 11) is 0. The Hall–Kier alpha value is -2.41. The number of Topliss-reactive ketones (excluding diaryl/α,β-unsaturated/α-hetero) is 1. The number of ether oxygens (including phenoxy) is 1. The molecule has 0 aliphatic rings. The fourth-order valence-corrected chi connectivity index (χ4v) is 3.22. The summed E-state index contributed by atoms with van der Waals surface area (Å²) >= 11 is 0. The second kappa shape index (κ2) is 8.53. The van der Waals surface area contributed by atoms with Crippen molar-refractivity contribution in [3.05, 3.63) is 23.9 Å². The van der Waals surface area contributed by atoms with E-state index < -0.39 is 17.0 Å². The van der Waals surface area contributed by atoms with Crippen LogP contribution in [0.25, 0.3) is 10.9 Å². The molecule has 1 unspecified atom stereocenters. The molecule has 2 aromatic rings. The maximum absolute atomic E-state index is 13.2. The summed E-state index contributed by atoms with van der Waals surface area (Å²) in [5.74, 6) is -0.178. The van der Waals surface area contributed by atoms with E-state index in [2.05, 4.69) is 12.0 Å². The van der Waals surface area contributed by atoms with Crippen molar-refractivity contribution in [2.24, 2.45) is 11.7 Å². The lowest BCUT2D eigenvalue weighted by molar-refractivity contribution is -0.125. The van der Waals surface area contributed by atoms with Gasteiger partial charge in [-0.1, -0.05) is 20.3 Å². The van der Waals surface area contributed by atoms with Crippen LogP contribution in [-0.4, -0.2) is 38.8 Å². The highest BCUT2D eigenvalue weighted by molar-refractivity contribution is 6.07. The van der Waals surface area contributed by atoms with Gasteiger partial charge in [0.25, 0.3) is 0 Å². The van der Waals surface area contributed by atoms with E-state index in [1.165, 1.54) is 4.68 Å². The third-order valence-corrected chi connectivity index (χ3v) is 5.11. The van der Waals surface area contributed by atoms with Crippen LogP contribution in [0, 0.1) is 5.92 Å². The van der Waals surface area contributed by atoms with E-state index in [9.17, 15) is 14.7 Å². The SMILES string of the molecule is CCCC(CC)C(=O)c1nn(C(C)(C)C(N)=O)c2cc(OCC(C)(C)O)ccc12. The summed E-state index contributed by atoms with van der Waals surface area (Å²) in [5, 5.41) is 15.1. The minimum atomic E-state index is -1.13. The van der Waals surface area contributed by atoms with Crippen LogP contribution in [0.3, 0.4) is 0 Å². The summed E-state index contributed by atoms with van der Waals surface area (Å²) in [6.45, 7) is 10.8. The third kappa shape index (κ3) is 4.96. The molecule has 1 aromatic heterocycles. The number of primary amides is 1. The van der Waals surface area contributed by atoms with E-state index in [0.29, 0.717) is 22.3 Å². The number of nitrogens with two attached hydrogens (primary N) is 1. The number of aromatic nitrogens is 2. The molecule has 0 fully saturated rings. The zero-order valence-electron chi connectivity index (χ0n) is 18.3. The molecular formula is C22H33N3O4. The van der Waals surface area contributed by atoms with Gasteiger partial charge < -0.3 is 15.6 Å². The number of fused-ring (bicyclic) bond motifs is 1. The minimum Gasteiger partial charge on any atom is -0.491 e. The molecule has 0 aliphatic heterocycles. The van der Waals surface area contributed by atoms with Gasteiger partial charge in [0.05, 0.1) is 11.1 Å². The topological polar surface area (TPSA) is 107 Å². The van der Waals surface area contributed by atoms with E-state index in [1.54, 1.807) is 45.9 Å². The Kier molecular flexibility index (Phi) is 6.73. The monoisotopic (exact) mass is 403 g/mol. The number of rotatable bonds is 10. The van der Waals surface area contributed by atoms with Crippen LogP contribution >= 0.6 is 0 Å². The Bertz CT molecular complexity index is 893. The van der Waals surface area contributed by atoms with Crippen molar-refractivity contribution in [3.8, 4) is 5.75 Å². The van der Waals surface area contributed by atoms with Gasteiger partial charge in [0.2, 0.25) is 5.91 Å². The van der Waals surface area contributed by atoms with Crippen LogP contribution in [-0.2, 0) is 10.3 Å². The predicted molar refractivity (Wildman–Crippen MR) is 113 cm³/mol. The van der Waals surface area contributed by atoms with Gasteiger partial charge in [-0.2, -0.15) is 5.10 Å². The molecule has 7 heteroatoms. The van der Waals surface area contributed by atoms with Gasteiger partial charge >= 0.3 is 0 Å². The van der Waals surface area contributed by atoms with E-state index in [0.717, 1.165) is 19.3 Å². The lowest BCUT2D eigenvalue weighted by Gasteiger charge is -2.22. The first kappa shape index (κ1) is 22.9. The maximum Gasteiger partial charge on any atom is 0.244 e. The fraction of sp³-hybridized carbons (Fsp3) is 0.591. The number of nitrogens with zero attached hydrogens (tertiary/aromatic N) is 2. The number of aliphatic hydroxyl groups is 1. The van der Waals surface area contributed by atoms with Crippen LogP contribution in [0.4, 0.5) is 0 Å². The molecule has 7 nitrogen and oxygen atoms in total. The fourth-order valence-electron chi connectivity index (χ4n) is 3.22. The molecule has 160 valence electrons. The highest BCUT2D eigenvalue weighted by Gasteiger charge is 2.33. The van der Waals surface area contributed by atoms with Crippen LogP contribution in [0.5, 0.6) is 5.75 Å². The average Bonchev–Trinajstić information content (AvgIpc) is 3.02. The molecule has 1 aromatic carbocycles. The Balaban J connectivity index is 2.62. The molecule has 1 amide bonds. The normalized spacial score (nSPS) is 13.5. The molecule has 0 radical (unpaired) electrons. The van der Waals surface area contributed by atoms with Crippen molar-refractivity contribution >= 4 is 22.6 Å². The quantitative estimate of drug-likeness (QED) is 0.591. The number of amides is 1. The Labute approximate surface area is 172 Å². The standard InChI is InChI=1S/C22H33N3O4/c1-7-9-14(8-2)19(26)18-16-11-10-15(29-13-21(3,4)28)12-17(16)25(24-18)22(5,6)20(23)27/h10-12,14,28H,7-9,13H2,1-6H3,(H2,23,27). The van der Waals surface area contributed by atoms with Crippen LogP contribution in [0.15, 0.2) is 18.2 Å². The van der Waals surface area contributed by atoms with Crippen molar-refractivity contribution in [1.82, 2.24) is 9.78 Å². The first-order chi connectivity index (χ1) is 13.4. The molecule has 0 spiro atoms. The van der Waals surface area contributed by atoms with Crippen molar-refractivity contribution in [3.63, 3.8) is 0 Å². The van der Waals surface area contributed by atoms with Gasteiger partial charge in [-0.25, -0.2) is 4.68 Å². The van der Waals surface area contributed by atoms with Crippen molar-refractivity contribution < 1.29 is 19.4 Å². The number of carbonyl (C=O) groups is 2. The van der Waals surface area contributed by atoms with Gasteiger partial charge in [-0.05, 0) is 52.7 Å². The third-order valence-electron chi connectivity index (χ3n) is 5.11. The van der Waals surface area contributed by atoms with Gasteiger partial charge in [0.15, 0.2) is 5.78 Å². The lowest BCUT2D eigenvalue weighted by atomic mass is 9.93. The number of benzene rings is 1. The predicted octanol–water partition coefficient (Wildman–Crippen LogP) is 3.42. The van der Waals surface area contributed by atoms with E-state index in [-0.39, 0.29) is 18.3 Å². The first-order valence-corrected chi connectivity index (χ1v) is 10.1. The first-order valence-electron chi connectivity index (χ1n) is 10.1. The van der Waals surface area contributed by atoms with Crippen molar-refractivity contribution in [1.29, 1.82) is 0 Å². The summed E-state index contributed by atoms with van der Waals surface area (Å²) in [6, 6.07) is 5.26. The second-order valence-electron chi connectivity index (χ2n) is 8.72. The number of carbonyl (C=O) groups excluding carboxylic acids is 2. The van der Waals surface area contributed by atoms with E-state index in [4.69, 9.17) is 10.5 Å². The van der Waals surface area contributed by atoms with Gasteiger partial charge in [0.1, 0.15) is 23.6 Å². The van der Waals surface area contributed by atoms with Gasteiger partial charge in [0, 0.05) is 17.4 Å². The highest BCUT2D eigenvalue weighted by atomic mass is 16.5. The average molecular weight is 404 g/mol. The van der Waals surface area contributed by atoms with Gasteiger partial charge in [-0.15, -0.1) is 0 Å². The lowest BCUT2D eigenvalue weighted by Crippen LogP contribution is -2.41. The number of hydrogen-bond donors (Lipinski definition) is 2. The Morgan fingerprint density at radius 2 is 1.90 bits per heavy atom. The highest BCUT2D eigenvalue weighted by Crippen LogP contribution is 2.31. The molecule has 0 saturated heterocycles. The van der Waals surface area contributed by atoms with Crippen LogP contribution < -0.4 is 10.5 Å². The zero-order chi connectivity index (χ0) is 22.0. The number of hydrogen-bond acceptors (Lipinski definition) is 5. The minimum absolute atomic E-state index is 0.0245. The van der Waals surface area contributed by atoms with Crippen LogP contribution in [0.2, 0.25) is 0 Å². The summed E-state index contributed by atoms with van der Waals surface area (Å²) in [5.41, 5.74) is 4.45. The summed E-state index contributed by atoms with van der Waals surface area (Å²) in [6.07, 6.45) is 2.42. The Morgan fingerprint density at radius 1 is 1.24 bits per heavy atom. The molecule has 0 aliphatic carbocycles. The van der Waals surface area contributed by atoms with E-state index >= 15 is 0 Å². The zero-order valence-corrected chi connectivity index (χ0v) is 18.3. The molecule has 0 bridgehead atoms. The van der Waals surface area contributed by atoms with Crippen molar-refractivity contribution in [2.75, 3.05) is 6.61 Å². The van der Waals surface area contributed by atoms with Crippen molar-refractivity contribution in [2.45, 2.75) is 71.9 Å². The second-order valence-corrected chi connectivity index (χ2v) is 8.72. The Morgan fingerprint density at radius 3 is 2.41 bits per heavy atom.